The molecule has 2 heteroatoms. The highest BCUT2D eigenvalue weighted by Crippen LogP contribution is 2.25. The third kappa shape index (κ3) is 3.73. The van der Waals surface area contributed by atoms with Crippen molar-refractivity contribution in [1.29, 1.82) is 0 Å². The molecule has 0 spiro atoms. The van der Waals surface area contributed by atoms with E-state index in [1.54, 1.807) is 0 Å². The summed E-state index contributed by atoms with van der Waals surface area (Å²) in [5.41, 5.74) is 2.54. The Balaban J connectivity index is 2.08. The van der Waals surface area contributed by atoms with Gasteiger partial charge in [0.25, 0.3) is 0 Å². The molecule has 1 aromatic heterocycles. The van der Waals surface area contributed by atoms with Crippen molar-refractivity contribution in [1.82, 2.24) is 5.32 Å². The van der Waals surface area contributed by atoms with Gasteiger partial charge in [-0.1, -0.05) is 52.0 Å². The molecular weight excluding hydrogens is 246 g/mol. The van der Waals surface area contributed by atoms with E-state index in [2.05, 4.69) is 63.3 Å². The van der Waals surface area contributed by atoms with Gasteiger partial charge in [-0.25, -0.2) is 0 Å². The summed E-state index contributed by atoms with van der Waals surface area (Å²) >= 11 is 0. The summed E-state index contributed by atoms with van der Waals surface area (Å²) in [6, 6.07) is 13.3. The third-order valence-corrected chi connectivity index (χ3v) is 3.72. The monoisotopic (exact) mass is 271 g/mol. The predicted octanol–water partition coefficient (Wildman–Crippen LogP) is 4.96. The zero-order chi connectivity index (χ0) is 14.5. The van der Waals surface area contributed by atoms with Gasteiger partial charge in [-0.3, -0.25) is 0 Å². The minimum atomic E-state index is 0.471. The van der Waals surface area contributed by atoms with E-state index in [9.17, 15) is 0 Å². The van der Waals surface area contributed by atoms with Gasteiger partial charge < -0.3 is 9.73 Å². The normalized spacial score (nSPS) is 12.8. The summed E-state index contributed by atoms with van der Waals surface area (Å²) in [5, 5.41) is 3.36. The first-order valence-corrected chi connectivity index (χ1v) is 7.52. The van der Waals surface area contributed by atoms with E-state index in [0.717, 1.165) is 23.6 Å². The van der Waals surface area contributed by atoms with E-state index in [-0.39, 0.29) is 0 Å². The van der Waals surface area contributed by atoms with Crippen LogP contribution < -0.4 is 5.32 Å². The van der Waals surface area contributed by atoms with Gasteiger partial charge in [0, 0.05) is 11.6 Å². The highest BCUT2D eigenvalue weighted by Gasteiger charge is 2.07. The second-order valence-corrected chi connectivity index (χ2v) is 5.73. The molecule has 1 heterocycles. The summed E-state index contributed by atoms with van der Waals surface area (Å²) in [6.07, 6.45) is 1.17. The van der Waals surface area contributed by atoms with E-state index >= 15 is 0 Å². The molecule has 0 aliphatic rings. The van der Waals surface area contributed by atoms with Crippen LogP contribution in [-0.2, 0) is 6.54 Å². The van der Waals surface area contributed by atoms with E-state index in [4.69, 9.17) is 4.42 Å². The number of hydrogen-bond acceptors (Lipinski definition) is 2. The Kier molecular flexibility index (Phi) is 5.02. The Morgan fingerprint density at radius 1 is 1.00 bits per heavy atom. The lowest BCUT2D eigenvalue weighted by Gasteiger charge is -2.09. The molecule has 2 nitrogen and oxygen atoms in total. The maximum atomic E-state index is 5.88. The van der Waals surface area contributed by atoms with Gasteiger partial charge in [-0.05, 0) is 30.0 Å². The van der Waals surface area contributed by atoms with E-state index in [0.29, 0.717) is 12.0 Å². The van der Waals surface area contributed by atoms with Gasteiger partial charge in [0.1, 0.15) is 11.5 Å². The van der Waals surface area contributed by atoms with Crippen molar-refractivity contribution < 1.29 is 4.42 Å². The highest BCUT2D eigenvalue weighted by atomic mass is 16.3. The van der Waals surface area contributed by atoms with Crippen molar-refractivity contribution in [3.8, 4) is 11.3 Å². The van der Waals surface area contributed by atoms with Crippen molar-refractivity contribution in [3.63, 3.8) is 0 Å². The Bertz CT molecular complexity index is 525. The molecule has 1 aromatic carbocycles. The summed E-state index contributed by atoms with van der Waals surface area (Å²) in [6.45, 7) is 9.54. The highest BCUT2D eigenvalue weighted by molar-refractivity contribution is 5.58. The van der Waals surface area contributed by atoms with Gasteiger partial charge in [-0.15, -0.1) is 0 Å². The topological polar surface area (TPSA) is 25.2 Å². The van der Waals surface area contributed by atoms with E-state index in [1.165, 1.54) is 12.0 Å². The molecule has 0 bridgehead atoms. The molecule has 0 saturated heterocycles. The van der Waals surface area contributed by atoms with Gasteiger partial charge in [0.05, 0.1) is 6.54 Å². The van der Waals surface area contributed by atoms with Crippen LogP contribution in [0, 0.1) is 0 Å². The number of nitrogens with one attached hydrogen (secondary N) is 1. The van der Waals surface area contributed by atoms with Crippen LogP contribution in [0.2, 0.25) is 0 Å². The first kappa shape index (κ1) is 14.9. The Morgan fingerprint density at radius 3 is 2.30 bits per heavy atom. The van der Waals surface area contributed by atoms with Crippen molar-refractivity contribution in [2.75, 3.05) is 0 Å². The van der Waals surface area contributed by atoms with Crippen molar-refractivity contribution in [2.45, 2.75) is 52.6 Å². The fourth-order valence-corrected chi connectivity index (χ4v) is 2.14. The van der Waals surface area contributed by atoms with Crippen LogP contribution in [0.15, 0.2) is 40.8 Å². The summed E-state index contributed by atoms with van der Waals surface area (Å²) in [7, 11) is 0. The fraction of sp³-hybridized carbons (Fsp3) is 0.444. The third-order valence-electron chi connectivity index (χ3n) is 3.72. The van der Waals surface area contributed by atoms with Crippen LogP contribution in [0.5, 0.6) is 0 Å². The Morgan fingerprint density at radius 2 is 1.70 bits per heavy atom. The molecule has 1 atom stereocenters. The maximum Gasteiger partial charge on any atom is 0.134 e. The average molecular weight is 271 g/mol. The van der Waals surface area contributed by atoms with Crippen LogP contribution in [0.3, 0.4) is 0 Å². The minimum absolute atomic E-state index is 0.471. The van der Waals surface area contributed by atoms with Gasteiger partial charge >= 0.3 is 0 Å². The van der Waals surface area contributed by atoms with E-state index < -0.39 is 0 Å². The lowest BCUT2D eigenvalue weighted by Crippen LogP contribution is -2.21. The summed E-state index contributed by atoms with van der Waals surface area (Å²) in [5.74, 6) is 2.55. The molecule has 0 saturated carbocycles. The van der Waals surface area contributed by atoms with E-state index in [1.807, 2.05) is 6.07 Å². The Labute approximate surface area is 122 Å². The van der Waals surface area contributed by atoms with Crippen LogP contribution in [0.25, 0.3) is 11.3 Å². The zero-order valence-corrected chi connectivity index (χ0v) is 12.9. The quantitative estimate of drug-likeness (QED) is 0.803. The molecular formula is C18H25NO. The maximum absolute atomic E-state index is 5.88. The smallest absolute Gasteiger partial charge is 0.134 e. The molecule has 1 N–H and O–H groups in total. The number of rotatable bonds is 6. The number of benzene rings is 1. The zero-order valence-electron chi connectivity index (χ0n) is 12.9. The van der Waals surface area contributed by atoms with Crippen molar-refractivity contribution in [3.05, 3.63) is 47.7 Å². The van der Waals surface area contributed by atoms with Crippen LogP contribution in [0.4, 0.5) is 0 Å². The molecule has 20 heavy (non-hydrogen) atoms. The minimum Gasteiger partial charge on any atom is -0.460 e. The van der Waals surface area contributed by atoms with Gasteiger partial charge in [0.15, 0.2) is 0 Å². The van der Waals surface area contributed by atoms with Crippen LogP contribution >= 0.6 is 0 Å². The molecule has 1 unspecified atom stereocenters. The lowest BCUT2D eigenvalue weighted by molar-refractivity contribution is 0.473. The van der Waals surface area contributed by atoms with Crippen LogP contribution in [0.1, 0.15) is 51.4 Å². The van der Waals surface area contributed by atoms with Gasteiger partial charge in [-0.2, -0.15) is 0 Å². The van der Waals surface area contributed by atoms with Gasteiger partial charge in [0.2, 0.25) is 0 Å². The second-order valence-electron chi connectivity index (χ2n) is 5.73. The molecule has 0 aliphatic carbocycles. The first-order valence-electron chi connectivity index (χ1n) is 7.52. The Hall–Kier alpha value is -1.54. The lowest BCUT2D eigenvalue weighted by atomic mass is 9.97. The molecule has 0 amide bonds. The number of furan rings is 1. The SMILES string of the molecule is CCC(C)c1ccc(-c2ccc(CNC(C)C)o2)cc1. The van der Waals surface area contributed by atoms with Crippen LogP contribution in [-0.4, -0.2) is 6.04 Å². The molecule has 108 valence electrons. The first-order chi connectivity index (χ1) is 9.60. The average Bonchev–Trinajstić information content (AvgIpc) is 2.93. The molecule has 2 aromatic rings. The molecule has 2 rings (SSSR count). The summed E-state index contributed by atoms with van der Waals surface area (Å²) in [4.78, 5) is 0. The molecule has 0 aliphatic heterocycles. The number of hydrogen-bond donors (Lipinski definition) is 1. The fourth-order valence-electron chi connectivity index (χ4n) is 2.14. The van der Waals surface area contributed by atoms with Crippen molar-refractivity contribution >= 4 is 0 Å². The standard InChI is InChI=1S/C18H25NO/c1-5-14(4)15-6-8-16(9-7-15)18-11-10-17(20-18)12-19-13(2)3/h6-11,13-14,19H,5,12H2,1-4H3. The molecule has 0 radical (unpaired) electrons. The largest absolute Gasteiger partial charge is 0.460 e. The second kappa shape index (κ2) is 6.76. The summed E-state index contributed by atoms with van der Waals surface area (Å²) < 4.78 is 5.88. The molecule has 0 fully saturated rings. The van der Waals surface area contributed by atoms with Crippen molar-refractivity contribution in [2.24, 2.45) is 0 Å². The predicted molar refractivity (Wildman–Crippen MR) is 84.8 cm³/mol.